The van der Waals surface area contributed by atoms with Crippen LogP contribution in [0.15, 0.2) is 24.4 Å². The van der Waals surface area contributed by atoms with Crippen LogP contribution in [0.5, 0.6) is 5.75 Å². The van der Waals surface area contributed by atoms with E-state index in [1.807, 2.05) is 30.1 Å². The van der Waals surface area contributed by atoms with Crippen molar-refractivity contribution in [1.82, 2.24) is 24.7 Å². The third-order valence-electron chi connectivity index (χ3n) is 7.45. The molecule has 0 saturated heterocycles. The molecule has 9 heteroatoms. The molecule has 1 aliphatic heterocycles. The fourth-order valence-electron chi connectivity index (χ4n) is 5.88. The summed E-state index contributed by atoms with van der Waals surface area (Å²) in [7, 11) is 4.93. The molecule has 1 N–H and O–H groups in total. The molecule has 1 aliphatic carbocycles. The lowest BCUT2D eigenvalue weighted by molar-refractivity contribution is -0.170. The number of rotatable bonds is 6. The summed E-state index contributed by atoms with van der Waals surface area (Å²) in [4.78, 5) is 30.4. The molecular formula is C28H31N5O4. The number of ether oxygens (including phenoxy) is 1. The van der Waals surface area contributed by atoms with Crippen molar-refractivity contribution < 1.29 is 19.2 Å². The van der Waals surface area contributed by atoms with Crippen LogP contribution in [-0.2, 0) is 42.6 Å². The zero-order valence-corrected chi connectivity index (χ0v) is 21.8. The van der Waals surface area contributed by atoms with E-state index < -0.39 is 0 Å². The normalized spacial score (nSPS) is 14.2. The molecule has 2 aliphatic rings. The highest BCUT2D eigenvalue weighted by Gasteiger charge is 2.35. The molecule has 37 heavy (non-hydrogen) atoms. The highest BCUT2D eigenvalue weighted by molar-refractivity contribution is 6.19. The highest BCUT2D eigenvalue weighted by atomic mass is 16.7. The number of nitrogens with one attached hydrogen (secondary N) is 1. The van der Waals surface area contributed by atoms with Crippen molar-refractivity contribution >= 4 is 33.6 Å². The highest BCUT2D eigenvalue weighted by Crippen LogP contribution is 2.47. The van der Waals surface area contributed by atoms with Crippen molar-refractivity contribution in [2.45, 2.75) is 39.8 Å². The van der Waals surface area contributed by atoms with E-state index in [2.05, 4.69) is 34.9 Å². The molecule has 9 nitrogen and oxygen atoms in total. The third-order valence-corrected chi connectivity index (χ3v) is 7.45. The third kappa shape index (κ3) is 3.60. The van der Waals surface area contributed by atoms with Gasteiger partial charge in [0.1, 0.15) is 5.75 Å². The van der Waals surface area contributed by atoms with Gasteiger partial charge in [0.2, 0.25) is 0 Å². The molecule has 0 unspecified atom stereocenters. The van der Waals surface area contributed by atoms with Crippen LogP contribution < -0.4 is 10.1 Å². The molecule has 192 valence electrons. The molecule has 0 saturated carbocycles. The Labute approximate surface area is 214 Å². The number of aryl methyl sites for hydroxylation is 3. The van der Waals surface area contributed by atoms with Gasteiger partial charge < -0.3 is 14.6 Å². The van der Waals surface area contributed by atoms with Gasteiger partial charge in [0.25, 0.3) is 11.8 Å². The minimum atomic E-state index is -0.276. The summed E-state index contributed by atoms with van der Waals surface area (Å²) in [6.07, 6.45) is 3.71. The second kappa shape index (κ2) is 8.62. The summed E-state index contributed by atoms with van der Waals surface area (Å²) < 4.78 is 10.1. The number of amides is 2. The zero-order valence-electron chi connectivity index (χ0n) is 21.8. The van der Waals surface area contributed by atoms with E-state index in [-0.39, 0.29) is 18.4 Å². The summed E-state index contributed by atoms with van der Waals surface area (Å²) in [6, 6.07) is 5.98. The predicted octanol–water partition coefficient (Wildman–Crippen LogP) is 3.59. The van der Waals surface area contributed by atoms with Crippen molar-refractivity contribution in [2.24, 2.45) is 13.0 Å². The maximum atomic E-state index is 13.2. The molecule has 0 bridgehead atoms. The smallest absolute Gasteiger partial charge is 0.283 e. The fraction of sp³-hybridized carbons (Fsp3) is 0.393. The van der Waals surface area contributed by atoms with Gasteiger partial charge >= 0.3 is 0 Å². The van der Waals surface area contributed by atoms with Crippen LogP contribution in [0.1, 0.15) is 41.0 Å². The largest absolute Gasteiger partial charge is 0.484 e. The number of likely N-dealkylation sites (N-methyl/N-ethyl adjacent to an activating group) is 1. The van der Waals surface area contributed by atoms with Gasteiger partial charge in [-0.3, -0.25) is 19.1 Å². The molecule has 2 aromatic heterocycles. The number of hydrogen-bond acceptors (Lipinski definition) is 5. The zero-order chi connectivity index (χ0) is 26.0. The molecule has 2 amide bonds. The first-order chi connectivity index (χ1) is 17.8. The molecular weight excluding hydrogens is 470 g/mol. The molecule has 4 aromatic rings. The molecule has 0 atom stereocenters. The average Bonchev–Trinajstić information content (AvgIpc) is 3.54. The van der Waals surface area contributed by atoms with E-state index >= 15 is 0 Å². The number of aromatic nitrogens is 3. The summed E-state index contributed by atoms with van der Waals surface area (Å²) in [5.74, 6) is 0.725. The number of hydrogen-bond donors (Lipinski definition) is 1. The van der Waals surface area contributed by atoms with Crippen LogP contribution in [0.2, 0.25) is 0 Å². The van der Waals surface area contributed by atoms with E-state index in [0.29, 0.717) is 18.2 Å². The number of benzene rings is 2. The topological polar surface area (TPSA) is 90.6 Å². The number of carbonyl (C=O) groups excluding carboxylic acids is 2. The fourth-order valence-corrected chi connectivity index (χ4v) is 5.88. The molecule has 0 fully saturated rings. The summed E-state index contributed by atoms with van der Waals surface area (Å²) in [6.45, 7) is 5.65. The lowest BCUT2D eigenvalue weighted by atomic mass is 9.82. The van der Waals surface area contributed by atoms with Crippen LogP contribution in [0, 0.1) is 5.92 Å². The Morgan fingerprint density at radius 1 is 1.22 bits per heavy atom. The van der Waals surface area contributed by atoms with Crippen LogP contribution in [-0.4, -0.2) is 52.0 Å². The van der Waals surface area contributed by atoms with Crippen molar-refractivity contribution in [2.75, 3.05) is 20.8 Å². The van der Waals surface area contributed by atoms with Gasteiger partial charge in [-0.25, -0.2) is 5.06 Å². The summed E-state index contributed by atoms with van der Waals surface area (Å²) in [5, 5.41) is 11.0. The maximum absolute atomic E-state index is 13.2. The van der Waals surface area contributed by atoms with Crippen molar-refractivity contribution in [3.05, 3.63) is 46.8 Å². The molecule has 0 radical (unpaired) electrons. The van der Waals surface area contributed by atoms with E-state index in [9.17, 15) is 9.59 Å². The minimum absolute atomic E-state index is 0.0322. The average molecular weight is 502 g/mol. The van der Waals surface area contributed by atoms with Crippen molar-refractivity contribution in [1.29, 1.82) is 0 Å². The van der Waals surface area contributed by atoms with Crippen LogP contribution >= 0.6 is 0 Å². The van der Waals surface area contributed by atoms with Gasteiger partial charge in [0, 0.05) is 60.8 Å². The Balaban J connectivity index is 1.62. The summed E-state index contributed by atoms with van der Waals surface area (Å²) in [5.41, 5.74) is 8.43. The number of nitrogens with zero attached hydrogens (tertiary/aromatic N) is 4. The quantitative estimate of drug-likeness (QED) is 0.408. The van der Waals surface area contributed by atoms with Crippen LogP contribution in [0.3, 0.4) is 0 Å². The number of carbonyl (C=O) groups is 2. The van der Waals surface area contributed by atoms with E-state index in [1.165, 1.54) is 18.2 Å². The van der Waals surface area contributed by atoms with Crippen LogP contribution in [0.25, 0.3) is 32.9 Å². The van der Waals surface area contributed by atoms with Crippen LogP contribution in [0.4, 0.5) is 0 Å². The lowest BCUT2D eigenvalue weighted by Gasteiger charge is -2.22. The number of hydroxylamine groups is 2. The van der Waals surface area contributed by atoms with Crippen molar-refractivity contribution in [3.8, 4) is 16.9 Å². The first-order valence-electron chi connectivity index (χ1n) is 12.7. The van der Waals surface area contributed by atoms with Gasteiger partial charge in [0.15, 0.2) is 6.61 Å². The molecule has 6 rings (SSSR count). The Morgan fingerprint density at radius 3 is 2.78 bits per heavy atom. The van der Waals surface area contributed by atoms with E-state index in [0.717, 1.165) is 68.7 Å². The summed E-state index contributed by atoms with van der Waals surface area (Å²) >= 11 is 0. The van der Waals surface area contributed by atoms with Gasteiger partial charge in [-0.2, -0.15) is 5.10 Å². The predicted molar refractivity (Wildman–Crippen MR) is 140 cm³/mol. The van der Waals surface area contributed by atoms with Gasteiger partial charge in [0.05, 0.1) is 23.9 Å². The second-order valence-electron chi connectivity index (χ2n) is 10.3. The monoisotopic (exact) mass is 501 g/mol. The number of fused-ring (bicyclic) bond motifs is 10. The van der Waals surface area contributed by atoms with Crippen molar-refractivity contribution in [3.63, 3.8) is 0 Å². The maximum Gasteiger partial charge on any atom is 0.283 e. The Hall–Kier alpha value is -3.85. The van der Waals surface area contributed by atoms with E-state index in [1.54, 1.807) is 7.05 Å². The Morgan fingerprint density at radius 2 is 2.03 bits per heavy atom. The minimum Gasteiger partial charge on any atom is -0.484 e. The van der Waals surface area contributed by atoms with E-state index in [4.69, 9.17) is 9.57 Å². The standard InChI is InChI=1S/C28H31N5O4/c1-15(2)12-33-22-9-6-16(37-14-23(34)32(4)36-5)10-18(22)25-19-11-29-28(35)26(19)24-17(27(25)33)7-8-21-20(24)13-31(3)30-21/h6,9-10,13,15H,7-8,11-12,14H2,1-5H3,(H,29,35). The first-order valence-corrected chi connectivity index (χ1v) is 12.7. The molecule has 0 spiro atoms. The lowest BCUT2D eigenvalue weighted by Crippen LogP contribution is -2.30. The second-order valence-corrected chi connectivity index (χ2v) is 10.3. The molecule has 3 heterocycles. The molecule has 2 aromatic carbocycles. The van der Waals surface area contributed by atoms with Gasteiger partial charge in [-0.15, -0.1) is 0 Å². The first kappa shape index (κ1) is 23.5. The Kier molecular flexibility index (Phi) is 5.49. The van der Waals surface area contributed by atoms with Gasteiger partial charge in [-0.05, 0) is 48.1 Å². The van der Waals surface area contributed by atoms with Gasteiger partial charge in [-0.1, -0.05) is 13.8 Å². The Bertz CT molecular complexity index is 1600. The SMILES string of the molecule is CON(C)C(=O)COc1ccc2c(c1)c1c3c(c4c(c1n2CC(C)C)CCc1nn(C)cc1-4)C(=O)NC3.